The summed E-state index contributed by atoms with van der Waals surface area (Å²) in [6, 6.07) is 4.62. The van der Waals surface area contributed by atoms with Crippen molar-refractivity contribution in [2.45, 2.75) is 44.8 Å². The van der Waals surface area contributed by atoms with Gasteiger partial charge in [0.05, 0.1) is 5.56 Å². The number of hydrogen-bond donors (Lipinski definition) is 1. The Hall–Kier alpha value is -1.52. The van der Waals surface area contributed by atoms with Gasteiger partial charge in [0.15, 0.2) is 0 Å². The second-order valence-electron chi connectivity index (χ2n) is 6.68. The molecule has 1 aromatic carbocycles. The van der Waals surface area contributed by atoms with Crippen LogP contribution >= 0.6 is 0 Å². The highest BCUT2D eigenvalue weighted by Crippen LogP contribution is 2.49. The number of carbonyl (C=O) groups is 1. The first-order valence-electron chi connectivity index (χ1n) is 7.82. The maximum Gasteiger partial charge on any atom is 0.416 e. The van der Waals surface area contributed by atoms with Gasteiger partial charge in [-0.2, -0.15) is 13.2 Å². The topological polar surface area (TPSA) is 29.1 Å². The molecule has 0 aromatic heterocycles. The van der Waals surface area contributed by atoms with Gasteiger partial charge in [0.1, 0.15) is 0 Å². The third-order valence-electron chi connectivity index (χ3n) is 5.25. The fraction of sp³-hybridized carbons (Fsp3) is 0.588. The SMILES string of the molecule is C[C@H](NC(=O)c1cccc(C(F)(F)F)c1)[C@@H]1C[C@@H]2CC[C@@H]1C2. The highest BCUT2D eigenvalue weighted by molar-refractivity contribution is 5.94. The summed E-state index contributed by atoms with van der Waals surface area (Å²) in [6.45, 7) is 1.97. The smallest absolute Gasteiger partial charge is 0.349 e. The third kappa shape index (κ3) is 2.99. The van der Waals surface area contributed by atoms with Gasteiger partial charge in [0.2, 0.25) is 0 Å². The predicted octanol–water partition coefficient (Wildman–Crippen LogP) is 4.26. The number of halogens is 3. The van der Waals surface area contributed by atoms with E-state index in [1.54, 1.807) is 0 Å². The van der Waals surface area contributed by atoms with Crippen LogP contribution in [0.4, 0.5) is 13.2 Å². The number of carbonyl (C=O) groups excluding carboxylic acids is 1. The number of rotatable bonds is 3. The Labute approximate surface area is 128 Å². The molecule has 0 spiro atoms. The van der Waals surface area contributed by atoms with E-state index in [1.807, 2.05) is 6.92 Å². The van der Waals surface area contributed by atoms with Crippen LogP contribution in [0.1, 0.15) is 48.5 Å². The summed E-state index contributed by atoms with van der Waals surface area (Å²) < 4.78 is 38.1. The number of amides is 1. The van der Waals surface area contributed by atoms with Gasteiger partial charge in [0.25, 0.3) is 5.91 Å². The van der Waals surface area contributed by atoms with Crippen LogP contribution in [0.25, 0.3) is 0 Å². The van der Waals surface area contributed by atoms with Gasteiger partial charge >= 0.3 is 6.18 Å². The Morgan fingerprint density at radius 2 is 2.05 bits per heavy atom. The normalized spacial score (nSPS) is 28.6. The minimum Gasteiger partial charge on any atom is -0.349 e. The first-order valence-corrected chi connectivity index (χ1v) is 7.82. The second-order valence-corrected chi connectivity index (χ2v) is 6.68. The van der Waals surface area contributed by atoms with Gasteiger partial charge in [-0.1, -0.05) is 12.5 Å². The van der Waals surface area contributed by atoms with E-state index >= 15 is 0 Å². The molecule has 5 heteroatoms. The first kappa shape index (κ1) is 15.4. The summed E-state index contributed by atoms with van der Waals surface area (Å²) in [5.74, 6) is 1.50. The lowest BCUT2D eigenvalue weighted by Crippen LogP contribution is -2.40. The summed E-state index contributed by atoms with van der Waals surface area (Å²) in [6.07, 6.45) is 0.463. The molecular formula is C17H20F3NO. The number of alkyl halides is 3. The van der Waals surface area contributed by atoms with E-state index in [1.165, 1.54) is 31.4 Å². The highest BCUT2D eigenvalue weighted by atomic mass is 19.4. The minimum absolute atomic E-state index is 0.0114. The monoisotopic (exact) mass is 311 g/mol. The summed E-state index contributed by atoms with van der Waals surface area (Å²) in [4.78, 5) is 12.2. The van der Waals surface area contributed by atoms with Crippen LogP contribution in [-0.4, -0.2) is 11.9 Å². The zero-order valence-electron chi connectivity index (χ0n) is 12.5. The standard InChI is InChI=1S/C17H20F3NO/c1-10(15-8-11-5-6-12(15)7-11)21-16(22)13-3-2-4-14(9-13)17(18,19)20/h2-4,9-12,15H,5-8H2,1H3,(H,21,22)/t10-,11+,12+,15-/m0/s1. The van der Waals surface area contributed by atoms with Gasteiger partial charge in [-0.25, -0.2) is 0 Å². The van der Waals surface area contributed by atoms with E-state index in [-0.39, 0.29) is 11.6 Å². The molecule has 1 N–H and O–H groups in total. The maximum atomic E-state index is 12.7. The van der Waals surface area contributed by atoms with Crippen molar-refractivity contribution >= 4 is 5.91 Å². The van der Waals surface area contributed by atoms with Crippen molar-refractivity contribution < 1.29 is 18.0 Å². The van der Waals surface area contributed by atoms with E-state index in [9.17, 15) is 18.0 Å². The van der Waals surface area contributed by atoms with Crippen molar-refractivity contribution in [2.75, 3.05) is 0 Å². The van der Waals surface area contributed by atoms with Crippen LogP contribution < -0.4 is 5.32 Å². The number of hydrogen-bond acceptors (Lipinski definition) is 1. The molecule has 0 heterocycles. The van der Waals surface area contributed by atoms with E-state index in [2.05, 4.69) is 5.32 Å². The fourth-order valence-electron chi connectivity index (χ4n) is 4.14. The molecule has 1 amide bonds. The van der Waals surface area contributed by atoms with E-state index < -0.39 is 17.6 Å². The molecule has 2 nitrogen and oxygen atoms in total. The third-order valence-corrected chi connectivity index (χ3v) is 5.25. The highest BCUT2D eigenvalue weighted by Gasteiger charge is 2.42. The maximum absolute atomic E-state index is 12.7. The Morgan fingerprint density at radius 3 is 2.64 bits per heavy atom. The zero-order valence-corrected chi connectivity index (χ0v) is 12.5. The Bertz CT molecular complexity index is 569. The van der Waals surface area contributed by atoms with Crippen molar-refractivity contribution in [1.29, 1.82) is 0 Å². The van der Waals surface area contributed by atoms with Gasteiger partial charge in [-0.3, -0.25) is 4.79 Å². The van der Waals surface area contributed by atoms with Crippen LogP contribution in [0.3, 0.4) is 0 Å². The van der Waals surface area contributed by atoms with Crippen molar-refractivity contribution in [2.24, 2.45) is 17.8 Å². The van der Waals surface area contributed by atoms with Gasteiger partial charge < -0.3 is 5.32 Å². The summed E-state index contributed by atoms with van der Waals surface area (Å²) in [5.41, 5.74) is -0.711. The van der Waals surface area contributed by atoms with Gasteiger partial charge in [-0.05, 0) is 62.1 Å². The lowest BCUT2D eigenvalue weighted by atomic mass is 9.84. The molecule has 22 heavy (non-hydrogen) atoms. The van der Waals surface area contributed by atoms with Crippen molar-refractivity contribution in [3.8, 4) is 0 Å². The van der Waals surface area contributed by atoms with Gasteiger partial charge in [-0.15, -0.1) is 0 Å². The number of fused-ring (bicyclic) bond motifs is 2. The summed E-state index contributed by atoms with van der Waals surface area (Å²) in [5, 5.41) is 2.90. The first-order chi connectivity index (χ1) is 10.3. The average Bonchev–Trinajstić information content (AvgIpc) is 3.09. The zero-order chi connectivity index (χ0) is 15.9. The van der Waals surface area contributed by atoms with Crippen LogP contribution in [-0.2, 0) is 6.18 Å². The Balaban J connectivity index is 1.67. The van der Waals surface area contributed by atoms with Gasteiger partial charge in [0, 0.05) is 11.6 Å². The van der Waals surface area contributed by atoms with E-state index in [0.717, 1.165) is 24.5 Å². The lowest BCUT2D eigenvalue weighted by Gasteiger charge is -2.28. The number of nitrogens with one attached hydrogen (secondary N) is 1. The molecule has 2 saturated carbocycles. The summed E-state index contributed by atoms with van der Waals surface area (Å²) >= 11 is 0. The quantitative estimate of drug-likeness (QED) is 0.888. The molecule has 2 aliphatic rings. The molecule has 0 radical (unpaired) electrons. The molecule has 0 aliphatic heterocycles. The van der Waals surface area contributed by atoms with E-state index in [4.69, 9.17) is 0 Å². The molecule has 2 aliphatic carbocycles. The van der Waals surface area contributed by atoms with Crippen LogP contribution in [0.5, 0.6) is 0 Å². The molecule has 0 unspecified atom stereocenters. The molecule has 2 bridgehead atoms. The van der Waals surface area contributed by atoms with Crippen molar-refractivity contribution in [3.63, 3.8) is 0 Å². The molecule has 2 fully saturated rings. The molecular weight excluding hydrogens is 291 g/mol. The van der Waals surface area contributed by atoms with E-state index in [0.29, 0.717) is 11.8 Å². The molecule has 120 valence electrons. The van der Waals surface area contributed by atoms with Crippen molar-refractivity contribution in [3.05, 3.63) is 35.4 Å². The van der Waals surface area contributed by atoms with Crippen LogP contribution in [0.15, 0.2) is 24.3 Å². The molecule has 3 rings (SSSR count). The Morgan fingerprint density at radius 1 is 1.27 bits per heavy atom. The molecule has 4 atom stereocenters. The van der Waals surface area contributed by atoms with Crippen molar-refractivity contribution in [1.82, 2.24) is 5.32 Å². The molecule has 1 aromatic rings. The summed E-state index contributed by atoms with van der Waals surface area (Å²) in [7, 11) is 0. The largest absolute Gasteiger partial charge is 0.416 e. The lowest BCUT2D eigenvalue weighted by molar-refractivity contribution is -0.137. The predicted molar refractivity (Wildman–Crippen MR) is 77.3 cm³/mol. The number of benzene rings is 1. The molecule has 0 saturated heterocycles. The fourth-order valence-corrected chi connectivity index (χ4v) is 4.14. The average molecular weight is 311 g/mol. The van der Waals surface area contributed by atoms with Crippen LogP contribution in [0, 0.1) is 17.8 Å². The Kier molecular flexibility index (Phi) is 3.91. The minimum atomic E-state index is -4.42. The second kappa shape index (κ2) is 5.60. The van der Waals surface area contributed by atoms with Crippen LogP contribution in [0.2, 0.25) is 0 Å².